The molecule has 1 unspecified atom stereocenters. The molecule has 0 bridgehead atoms. The van der Waals surface area contributed by atoms with Crippen LogP contribution >= 0.6 is 23.2 Å². The summed E-state index contributed by atoms with van der Waals surface area (Å²) in [5, 5.41) is 3.48. The summed E-state index contributed by atoms with van der Waals surface area (Å²) >= 11 is 11.9. The predicted molar refractivity (Wildman–Crippen MR) is 77.0 cm³/mol. The molecule has 1 saturated heterocycles. The molecule has 1 heterocycles. The normalized spacial score (nSPS) is 19.6. The van der Waals surface area contributed by atoms with Gasteiger partial charge in [0.15, 0.2) is 0 Å². The molecule has 0 aliphatic carbocycles. The molecule has 1 amide bonds. The summed E-state index contributed by atoms with van der Waals surface area (Å²) < 4.78 is 10.5. The summed E-state index contributed by atoms with van der Waals surface area (Å²) in [4.78, 5) is 13.3. The van der Waals surface area contributed by atoms with E-state index in [1.54, 1.807) is 6.07 Å². The lowest BCUT2D eigenvalue weighted by Gasteiger charge is -2.32. The van der Waals surface area contributed by atoms with Crippen molar-refractivity contribution < 1.29 is 14.3 Å². The lowest BCUT2D eigenvalue weighted by molar-refractivity contribution is -0.148. The van der Waals surface area contributed by atoms with E-state index in [2.05, 4.69) is 10.2 Å². The molecular weight excluding hydrogens is 303 g/mol. The van der Waals surface area contributed by atoms with Crippen LogP contribution in [0.5, 0.6) is 0 Å². The second kappa shape index (κ2) is 7.13. The number of carbonyl (C=O) groups excluding carboxylic acids is 1. The SMILES string of the molecule is CNC(=O)OC1CN(Cc2ccc(Cl)c(Cl)c2)CCO1. The standard InChI is InChI=1S/C13H16Cl2N2O3/c1-16-13(18)20-12-8-17(4-5-19-12)7-9-2-3-10(14)11(15)6-9/h2-3,6,12H,4-5,7-8H2,1H3,(H,16,18). The van der Waals surface area contributed by atoms with Crippen molar-refractivity contribution in [3.05, 3.63) is 33.8 Å². The number of benzene rings is 1. The first-order chi connectivity index (χ1) is 9.58. The molecule has 7 heteroatoms. The minimum absolute atomic E-state index is 0.494. The molecule has 5 nitrogen and oxygen atoms in total. The van der Waals surface area contributed by atoms with Crippen LogP contribution in [0.4, 0.5) is 4.79 Å². The van der Waals surface area contributed by atoms with Gasteiger partial charge in [0.25, 0.3) is 0 Å². The fraction of sp³-hybridized carbons (Fsp3) is 0.462. The van der Waals surface area contributed by atoms with Crippen molar-refractivity contribution in [3.63, 3.8) is 0 Å². The Morgan fingerprint density at radius 3 is 3.00 bits per heavy atom. The Morgan fingerprint density at radius 1 is 1.50 bits per heavy atom. The summed E-state index contributed by atoms with van der Waals surface area (Å²) in [6.07, 6.45) is -1.04. The molecule has 1 fully saturated rings. The molecule has 1 atom stereocenters. The van der Waals surface area contributed by atoms with Crippen molar-refractivity contribution >= 4 is 29.3 Å². The van der Waals surface area contributed by atoms with E-state index in [1.807, 2.05) is 12.1 Å². The van der Waals surface area contributed by atoms with Crippen molar-refractivity contribution in [2.75, 3.05) is 26.7 Å². The third-order valence-corrected chi connectivity index (χ3v) is 3.69. The molecule has 110 valence electrons. The summed E-state index contributed by atoms with van der Waals surface area (Å²) in [7, 11) is 1.51. The van der Waals surface area contributed by atoms with Crippen LogP contribution in [0.2, 0.25) is 10.0 Å². The smallest absolute Gasteiger partial charge is 0.409 e. The van der Waals surface area contributed by atoms with Gasteiger partial charge in [0.2, 0.25) is 6.29 Å². The Balaban J connectivity index is 1.92. The van der Waals surface area contributed by atoms with E-state index in [0.29, 0.717) is 29.7 Å². The highest BCUT2D eigenvalue weighted by Crippen LogP contribution is 2.23. The van der Waals surface area contributed by atoms with E-state index in [-0.39, 0.29) is 0 Å². The number of halogens is 2. The first-order valence-electron chi connectivity index (χ1n) is 6.24. The van der Waals surface area contributed by atoms with Crippen LogP contribution in [0.15, 0.2) is 18.2 Å². The van der Waals surface area contributed by atoms with Gasteiger partial charge in [-0.25, -0.2) is 4.79 Å². The molecule has 1 aliphatic heterocycles. The highest BCUT2D eigenvalue weighted by atomic mass is 35.5. The van der Waals surface area contributed by atoms with Gasteiger partial charge in [-0.1, -0.05) is 29.3 Å². The third kappa shape index (κ3) is 4.24. The number of amides is 1. The average Bonchev–Trinajstić information content (AvgIpc) is 2.43. The molecule has 0 aromatic heterocycles. The lowest BCUT2D eigenvalue weighted by atomic mass is 10.2. The van der Waals surface area contributed by atoms with Gasteiger partial charge < -0.3 is 14.8 Å². The number of hydrogen-bond acceptors (Lipinski definition) is 4. The topological polar surface area (TPSA) is 50.8 Å². The number of alkyl carbamates (subject to hydrolysis) is 1. The van der Waals surface area contributed by atoms with Crippen LogP contribution in [0.1, 0.15) is 5.56 Å². The molecule has 0 saturated carbocycles. The first-order valence-corrected chi connectivity index (χ1v) is 7.00. The van der Waals surface area contributed by atoms with Crippen molar-refractivity contribution in [2.24, 2.45) is 0 Å². The van der Waals surface area contributed by atoms with E-state index in [9.17, 15) is 4.79 Å². The first kappa shape index (κ1) is 15.4. The molecule has 1 aromatic rings. The van der Waals surface area contributed by atoms with Gasteiger partial charge in [-0.3, -0.25) is 4.90 Å². The van der Waals surface area contributed by atoms with E-state index in [1.165, 1.54) is 7.05 Å². The minimum atomic E-state index is -0.550. The van der Waals surface area contributed by atoms with Crippen LogP contribution in [-0.4, -0.2) is 44.0 Å². The Morgan fingerprint density at radius 2 is 2.30 bits per heavy atom. The predicted octanol–water partition coefficient (Wildman–Crippen LogP) is 2.51. The largest absolute Gasteiger partial charge is 0.418 e. The molecule has 1 N–H and O–H groups in total. The van der Waals surface area contributed by atoms with Crippen LogP contribution in [0.25, 0.3) is 0 Å². The monoisotopic (exact) mass is 318 g/mol. The zero-order valence-electron chi connectivity index (χ0n) is 11.1. The number of nitrogens with one attached hydrogen (secondary N) is 1. The number of nitrogens with zero attached hydrogens (tertiary/aromatic N) is 1. The van der Waals surface area contributed by atoms with Gasteiger partial charge >= 0.3 is 6.09 Å². The number of hydrogen-bond donors (Lipinski definition) is 1. The summed E-state index contributed by atoms with van der Waals surface area (Å²) in [6, 6.07) is 5.55. The fourth-order valence-electron chi connectivity index (χ4n) is 1.96. The number of ether oxygens (including phenoxy) is 2. The van der Waals surface area contributed by atoms with Gasteiger partial charge in [0.1, 0.15) is 0 Å². The molecular formula is C13H16Cl2N2O3. The Kier molecular flexibility index (Phi) is 5.48. The van der Waals surface area contributed by atoms with Crippen molar-refractivity contribution in [1.82, 2.24) is 10.2 Å². The molecule has 2 rings (SSSR count). The molecule has 0 spiro atoms. The van der Waals surface area contributed by atoms with Gasteiger partial charge in [-0.05, 0) is 17.7 Å². The third-order valence-electron chi connectivity index (χ3n) is 2.95. The summed E-state index contributed by atoms with van der Waals surface area (Å²) in [5.41, 5.74) is 1.06. The van der Waals surface area contributed by atoms with Crippen molar-refractivity contribution in [1.29, 1.82) is 0 Å². The zero-order chi connectivity index (χ0) is 14.5. The molecule has 1 aliphatic rings. The maximum absolute atomic E-state index is 11.2. The number of morpholine rings is 1. The van der Waals surface area contributed by atoms with E-state index >= 15 is 0 Å². The van der Waals surface area contributed by atoms with Gasteiger partial charge in [0.05, 0.1) is 23.2 Å². The molecule has 20 heavy (non-hydrogen) atoms. The lowest BCUT2D eigenvalue weighted by Crippen LogP contribution is -2.44. The summed E-state index contributed by atoms with van der Waals surface area (Å²) in [5.74, 6) is 0. The van der Waals surface area contributed by atoms with Crippen LogP contribution < -0.4 is 5.32 Å². The second-order valence-corrected chi connectivity index (χ2v) is 5.25. The Hall–Kier alpha value is -1.01. The van der Waals surface area contributed by atoms with Crippen molar-refractivity contribution in [3.8, 4) is 0 Å². The minimum Gasteiger partial charge on any atom is -0.418 e. The maximum Gasteiger partial charge on any atom is 0.409 e. The Bertz CT molecular complexity index is 485. The summed E-state index contributed by atoms with van der Waals surface area (Å²) in [6.45, 7) is 2.51. The maximum atomic E-state index is 11.2. The fourth-order valence-corrected chi connectivity index (χ4v) is 2.28. The van der Waals surface area contributed by atoms with E-state index < -0.39 is 12.4 Å². The van der Waals surface area contributed by atoms with Crippen LogP contribution in [0, 0.1) is 0 Å². The van der Waals surface area contributed by atoms with Crippen LogP contribution in [0.3, 0.4) is 0 Å². The van der Waals surface area contributed by atoms with Gasteiger partial charge in [-0.15, -0.1) is 0 Å². The van der Waals surface area contributed by atoms with Crippen molar-refractivity contribution in [2.45, 2.75) is 12.8 Å². The number of carbonyl (C=O) groups is 1. The highest BCUT2D eigenvalue weighted by molar-refractivity contribution is 6.42. The average molecular weight is 319 g/mol. The second-order valence-electron chi connectivity index (χ2n) is 4.44. The van der Waals surface area contributed by atoms with E-state index in [4.69, 9.17) is 32.7 Å². The molecule has 1 aromatic carbocycles. The zero-order valence-corrected chi connectivity index (χ0v) is 12.6. The van der Waals surface area contributed by atoms with Gasteiger partial charge in [0, 0.05) is 20.1 Å². The van der Waals surface area contributed by atoms with Gasteiger partial charge in [-0.2, -0.15) is 0 Å². The Labute approximate surface area is 127 Å². The highest BCUT2D eigenvalue weighted by Gasteiger charge is 2.23. The van der Waals surface area contributed by atoms with E-state index in [0.717, 1.165) is 12.1 Å². The quantitative estimate of drug-likeness (QED) is 0.930. The molecule has 0 radical (unpaired) electrons. The van der Waals surface area contributed by atoms with Crippen LogP contribution in [-0.2, 0) is 16.0 Å². The number of rotatable bonds is 3.